The normalized spacial score (nSPS) is 21.7. The van der Waals surface area contributed by atoms with Crippen molar-refractivity contribution in [1.82, 2.24) is 19.6 Å². The molecule has 160 valence electrons. The molecule has 0 spiro atoms. The molecule has 0 aromatic carbocycles. The van der Waals surface area contributed by atoms with E-state index in [1.165, 1.54) is 12.8 Å². The molecule has 0 atom stereocenters. The molecule has 1 saturated heterocycles. The van der Waals surface area contributed by atoms with Gasteiger partial charge < -0.3 is 4.90 Å². The molecule has 4 rings (SSSR count). The smallest absolute Gasteiger partial charge is 0.340 e. The summed E-state index contributed by atoms with van der Waals surface area (Å²) in [6.45, 7) is 2.15. The van der Waals surface area contributed by atoms with Gasteiger partial charge in [-0.2, -0.15) is 18.3 Å². The molecule has 1 aromatic heterocycles. The van der Waals surface area contributed by atoms with Gasteiger partial charge in [-0.3, -0.25) is 14.5 Å². The number of rotatable bonds is 5. The van der Waals surface area contributed by atoms with E-state index in [0.29, 0.717) is 44.2 Å². The van der Waals surface area contributed by atoms with Crippen molar-refractivity contribution in [3.05, 3.63) is 27.7 Å². The third-order valence-electron chi connectivity index (χ3n) is 6.29. The average Bonchev–Trinajstić information content (AvgIpc) is 3.40. The van der Waals surface area contributed by atoms with Gasteiger partial charge in [0.05, 0.1) is 12.4 Å². The van der Waals surface area contributed by atoms with Crippen LogP contribution in [0.5, 0.6) is 0 Å². The lowest BCUT2D eigenvalue weighted by molar-refractivity contribution is -0.139. The predicted molar refractivity (Wildman–Crippen MR) is 100 cm³/mol. The summed E-state index contributed by atoms with van der Waals surface area (Å²) in [7, 11) is 0. The number of carbonyl (C=O) groups excluding carboxylic acids is 1. The quantitative estimate of drug-likeness (QED) is 0.746. The fraction of sp³-hybridized carbons (Fsp3) is 0.750. The number of halogens is 3. The number of piperazine rings is 1. The molecule has 0 N–H and O–H groups in total. The van der Waals surface area contributed by atoms with Gasteiger partial charge in [-0.25, -0.2) is 4.68 Å². The Bertz CT molecular complexity index is 805. The minimum absolute atomic E-state index is 0.0210. The Morgan fingerprint density at radius 3 is 2.31 bits per heavy atom. The van der Waals surface area contributed by atoms with Gasteiger partial charge in [0.1, 0.15) is 5.56 Å². The molecule has 1 aromatic rings. The van der Waals surface area contributed by atoms with E-state index in [-0.39, 0.29) is 18.5 Å². The fourth-order valence-electron chi connectivity index (χ4n) is 4.36. The Hall–Kier alpha value is -1.90. The van der Waals surface area contributed by atoms with E-state index in [4.69, 9.17) is 0 Å². The first-order valence-corrected chi connectivity index (χ1v) is 10.5. The van der Waals surface area contributed by atoms with E-state index >= 15 is 0 Å². The van der Waals surface area contributed by atoms with Gasteiger partial charge in [-0.1, -0.05) is 12.8 Å². The predicted octanol–water partition coefficient (Wildman–Crippen LogP) is 2.82. The summed E-state index contributed by atoms with van der Waals surface area (Å²) < 4.78 is 40.8. The van der Waals surface area contributed by atoms with Crippen LogP contribution in [0.3, 0.4) is 0 Å². The molecule has 2 heterocycles. The average molecular weight is 412 g/mol. The summed E-state index contributed by atoms with van der Waals surface area (Å²) in [5.41, 5.74) is -1.89. The number of hydrogen-bond acceptors (Lipinski definition) is 4. The Kier molecular flexibility index (Phi) is 5.68. The molecule has 1 aliphatic heterocycles. The Morgan fingerprint density at radius 1 is 1.07 bits per heavy atom. The van der Waals surface area contributed by atoms with Crippen LogP contribution in [-0.2, 0) is 17.6 Å². The largest absolute Gasteiger partial charge is 0.421 e. The van der Waals surface area contributed by atoms with Gasteiger partial charge in [-0.05, 0) is 37.7 Å². The summed E-state index contributed by atoms with van der Waals surface area (Å²) in [4.78, 5) is 28.5. The maximum atomic E-state index is 13.3. The third kappa shape index (κ3) is 4.82. The van der Waals surface area contributed by atoms with E-state index in [0.717, 1.165) is 36.4 Å². The molecular formula is C20H27F3N4O2. The van der Waals surface area contributed by atoms with Gasteiger partial charge in [-0.15, -0.1) is 0 Å². The van der Waals surface area contributed by atoms with E-state index in [1.54, 1.807) is 0 Å². The first-order chi connectivity index (χ1) is 13.8. The Labute approximate surface area is 167 Å². The Balaban J connectivity index is 1.39. The highest BCUT2D eigenvalue weighted by Gasteiger charge is 2.38. The number of hydrogen-bond donors (Lipinski definition) is 0. The zero-order valence-corrected chi connectivity index (χ0v) is 16.5. The molecule has 0 bridgehead atoms. The van der Waals surface area contributed by atoms with Crippen LogP contribution >= 0.6 is 0 Å². The van der Waals surface area contributed by atoms with Crippen LogP contribution in [0.2, 0.25) is 0 Å². The van der Waals surface area contributed by atoms with Crippen LogP contribution in [0.1, 0.15) is 62.1 Å². The minimum Gasteiger partial charge on any atom is -0.340 e. The maximum absolute atomic E-state index is 13.3. The Morgan fingerprint density at radius 2 is 1.72 bits per heavy atom. The molecule has 2 saturated carbocycles. The van der Waals surface area contributed by atoms with E-state index in [1.807, 2.05) is 9.80 Å². The van der Waals surface area contributed by atoms with Gasteiger partial charge >= 0.3 is 6.18 Å². The molecule has 29 heavy (non-hydrogen) atoms. The second kappa shape index (κ2) is 8.08. The lowest BCUT2D eigenvalue weighted by Crippen LogP contribution is -2.50. The zero-order chi connectivity index (χ0) is 20.6. The van der Waals surface area contributed by atoms with Gasteiger partial charge in [0.25, 0.3) is 5.56 Å². The lowest BCUT2D eigenvalue weighted by atomic mass is 10.0. The standard InChI is InChI=1S/C20H27F3N4O2/c21-20(22,23)16-12-17(15-5-6-15)24-27(19(16)29)13-25-7-9-26(10-8-25)18(28)11-14-3-1-2-4-14/h12,14-15H,1-11,13H2. The summed E-state index contributed by atoms with van der Waals surface area (Å²) in [6.07, 6.45) is 2.18. The number of amides is 1. The summed E-state index contributed by atoms with van der Waals surface area (Å²) in [6, 6.07) is 0.913. The van der Waals surface area contributed by atoms with E-state index in [2.05, 4.69) is 5.10 Å². The molecule has 3 fully saturated rings. The van der Waals surface area contributed by atoms with Crippen LogP contribution < -0.4 is 5.56 Å². The first-order valence-electron chi connectivity index (χ1n) is 10.5. The second-order valence-electron chi connectivity index (χ2n) is 8.55. The molecule has 9 heteroatoms. The molecule has 0 radical (unpaired) electrons. The summed E-state index contributed by atoms with van der Waals surface area (Å²) in [5, 5.41) is 4.21. The molecular weight excluding hydrogens is 385 g/mol. The van der Waals surface area contributed by atoms with Crippen molar-refractivity contribution in [3.8, 4) is 0 Å². The number of nitrogens with zero attached hydrogens (tertiary/aromatic N) is 4. The highest BCUT2D eigenvalue weighted by atomic mass is 19.4. The maximum Gasteiger partial charge on any atom is 0.421 e. The van der Waals surface area contributed by atoms with Crippen molar-refractivity contribution >= 4 is 5.91 Å². The summed E-state index contributed by atoms with van der Waals surface area (Å²) >= 11 is 0. The van der Waals surface area contributed by atoms with Crippen molar-refractivity contribution in [2.75, 3.05) is 26.2 Å². The van der Waals surface area contributed by atoms with Gasteiger partial charge in [0.2, 0.25) is 5.91 Å². The van der Waals surface area contributed by atoms with Crippen molar-refractivity contribution in [3.63, 3.8) is 0 Å². The number of carbonyl (C=O) groups is 1. The first kappa shape index (κ1) is 20.4. The molecule has 1 amide bonds. The molecule has 6 nitrogen and oxygen atoms in total. The molecule has 3 aliphatic rings. The SMILES string of the molecule is O=C(CC1CCCC1)N1CCN(Cn2nc(C3CC3)cc(C(F)(F)F)c2=O)CC1. The third-order valence-corrected chi connectivity index (χ3v) is 6.29. The van der Waals surface area contributed by atoms with Crippen LogP contribution in [0.15, 0.2) is 10.9 Å². The van der Waals surface area contributed by atoms with Crippen LogP contribution in [0.4, 0.5) is 13.2 Å². The highest BCUT2D eigenvalue weighted by Crippen LogP contribution is 2.40. The van der Waals surface area contributed by atoms with Gasteiger partial charge in [0, 0.05) is 38.5 Å². The van der Waals surface area contributed by atoms with Crippen molar-refractivity contribution in [1.29, 1.82) is 0 Å². The van der Waals surface area contributed by atoms with Crippen LogP contribution in [0, 0.1) is 5.92 Å². The minimum atomic E-state index is -4.68. The van der Waals surface area contributed by atoms with E-state index in [9.17, 15) is 22.8 Å². The van der Waals surface area contributed by atoms with Crippen molar-refractivity contribution in [2.45, 2.75) is 63.7 Å². The van der Waals surface area contributed by atoms with Crippen LogP contribution in [-0.4, -0.2) is 51.7 Å². The topological polar surface area (TPSA) is 58.4 Å². The second-order valence-corrected chi connectivity index (χ2v) is 8.55. The monoisotopic (exact) mass is 412 g/mol. The fourth-order valence-corrected chi connectivity index (χ4v) is 4.36. The molecule has 0 unspecified atom stereocenters. The van der Waals surface area contributed by atoms with Crippen molar-refractivity contribution < 1.29 is 18.0 Å². The van der Waals surface area contributed by atoms with E-state index < -0.39 is 17.3 Å². The van der Waals surface area contributed by atoms with Gasteiger partial charge in [0.15, 0.2) is 0 Å². The lowest BCUT2D eigenvalue weighted by Gasteiger charge is -2.35. The zero-order valence-electron chi connectivity index (χ0n) is 16.5. The highest BCUT2D eigenvalue weighted by molar-refractivity contribution is 5.76. The number of aromatic nitrogens is 2. The van der Waals surface area contributed by atoms with Crippen LogP contribution in [0.25, 0.3) is 0 Å². The molecule has 2 aliphatic carbocycles. The summed E-state index contributed by atoms with van der Waals surface area (Å²) in [5.74, 6) is 0.684. The van der Waals surface area contributed by atoms with Crippen molar-refractivity contribution in [2.24, 2.45) is 5.92 Å². The number of alkyl halides is 3.